The average Bonchev–Trinajstić information content (AvgIpc) is 3.37. The highest BCUT2D eigenvalue weighted by Gasteiger charge is 2.49. The van der Waals surface area contributed by atoms with E-state index in [1.54, 1.807) is 6.92 Å². The number of amides is 3. The van der Waals surface area contributed by atoms with Crippen molar-refractivity contribution in [3.63, 3.8) is 0 Å². The molecular formula is C24H26F3N5O2. The van der Waals surface area contributed by atoms with Crippen LogP contribution in [0.5, 0.6) is 0 Å². The SMILES string of the molecule is C[C@@]1(c2ccc3c(c2)CCC3)NC(=O)N(CN2CCN(c3ccc(C(F)(F)F)cn3)CC2)C1=O. The fourth-order valence-electron chi connectivity index (χ4n) is 4.96. The summed E-state index contributed by atoms with van der Waals surface area (Å²) in [5.74, 6) is 0.203. The number of carbonyl (C=O) groups excluding carboxylic acids is 2. The predicted molar refractivity (Wildman–Crippen MR) is 119 cm³/mol. The Morgan fingerprint density at radius 1 is 1.03 bits per heavy atom. The lowest BCUT2D eigenvalue weighted by molar-refractivity contribution is -0.137. The van der Waals surface area contributed by atoms with E-state index in [0.717, 1.165) is 37.1 Å². The van der Waals surface area contributed by atoms with Crippen LogP contribution >= 0.6 is 0 Å². The molecule has 2 aromatic rings. The lowest BCUT2D eigenvalue weighted by atomic mass is 9.90. The highest BCUT2D eigenvalue weighted by atomic mass is 19.4. The standard InChI is InChI=1S/C24H26F3N5O2/c1-23(18-6-5-16-3-2-4-17(16)13-18)21(33)32(22(34)29-23)15-30-9-11-31(12-10-30)20-8-7-19(14-28-20)24(25,26)27/h5-8,13-14H,2-4,9-12,15H2,1H3,(H,29,34)/t23-/m0/s1. The Kier molecular flexibility index (Phi) is 5.50. The van der Waals surface area contributed by atoms with Gasteiger partial charge in [0.25, 0.3) is 5.91 Å². The van der Waals surface area contributed by atoms with Crippen LogP contribution in [-0.4, -0.2) is 59.6 Å². The summed E-state index contributed by atoms with van der Waals surface area (Å²) in [7, 11) is 0. The van der Waals surface area contributed by atoms with Crippen molar-refractivity contribution in [1.29, 1.82) is 0 Å². The van der Waals surface area contributed by atoms with Crippen LogP contribution in [0.1, 0.15) is 35.6 Å². The molecule has 1 aliphatic carbocycles. The summed E-state index contributed by atoms with van der Waals surface area (Å²) in [5, 5.41) is 2.88. The van der Waals surface area contributed by atoms with Crippen LogP contribution in [-0.2, 0) is 29.4 Å². The first-order chi connectivity index (χ1) is 16.1. The zero-order chi connectivity index (χ0) is 24.1. The molecule has 10 heteroatoms. The number of aryl methyl sites for hydroxylation is 2. The molecule has 7 nitrogen and oxygen atoms in total. The summed E-state index contributed by atoms with van der Waals surface area (Å²) in [5.41, 5.74) is 1.47. The maximum absolute atomic E-state index is 13.3. The van der Waals surface area contributed by atoms with Crippen LogP contribution in [0.4, 0.5) is 23.8 Å². The lowest BCUT2D eigenvalue weighted by Crippen LogP contribution is -2.51. The number of aromatic nitrogens is 1. The molecule has 3 aliphatic rings. The second kappa shape index (κ2) is 8.26. The third-order valence-corrected chi connectivity index (χ3v) is 7.06. The van der Waals surface area contributed by atoms with Gasteiger partial charge in [0.2, 0.25) is 0 Å². The number of rotatable bonds is 4. The topological polar surface area (TPSA) is 68.8 Å². The number of halogens is 3. The Bertz CT molecular complexity index is 1110. The van der Waals surface area contributed by atoms with Crippen molar-refractivity contribution in [2.45, 2.75) is 37.9 Å². The van der Waals surface area contributed by atoms with Crippen LogP contribution in [0.15, 0.2) is 36.5 Å². The number of benzene rings is 1. The van der Waals surface area contributed by atoms with Gasteiger partial charge in [-0.1, -0.05) is 18.2 Å². The van der Waals surface area contributed by atoms with Crippen molar-refractivity contribution in [3.8, 4) is 0 Å². The van der Waals surface area contributed by atoms with Crippen molar-refractivity contribution in [2.24, 2.45) is 0 Å². The summed E-state index contributed by atoms with van der Waals surface area (Å²) in [6, 6.07) is 8.01. The van der Waals surface area contributed by atoms with Gasteiger partial charge in [-0.25, -0.2) is 14.7 Å². The first-order valence-corrected chi connectivity index (χ1v) is 11.4. The number of nitrogens with one attached hydrogen (secondary N) is 1. The number of hydrogen-bond donors (Lipinski definition) is 1. The zero-order valence-electron chi connectivity index (χ0n) is 18.9. The summed E-state index contributed by atoms with van der Waals surface area (Å²) in [6.45, 7) is 4.08. The van der Waals surface area contributed by atoms with Gasteiger partial charge in [0.15, 0.2) is 0 Å². The number of nitrogens with zero attached hydrogens (tertiary/aromatic N) is 4. The highest BCUT2D eigenvalue weighted by Crippen LogP contribution is 2.33. The van der Waals surface area contributed by atoms with Crippen molar-refractivity contribution in [1.82, 2.24) is 20.1 Å². The van der Waals surface area contributed by atoms with Crippen LogP contribution in [0.2, 0.25) is 0 Å². The first-order valence-electron chi connectivity index (χ1n) is 11.4. The third-order valence-electron chi connectivity index (χ3n) is 7.06. The summed E-state index contributed by atoms with van der Waals surface area (Å²) < 4.78 is 38.3. The molecule has 0 saturated carbocycles. The van der Waals surface area contributed by atoms with Crippen LogP contribution in [0.3, 0.4) is 0 Å². The van der Waals surface area contributed by atoms with Crippen molar-refractivity contribution < 1.29 is 22.8 Å². The molecule has 5 rings (SSSR count). The number of alkyl halides is 3. The predicted octanol–water partition coefficient (Wildman–Crippen LogP) is 3.14. The van der Waals surface area contributed by atoms with Gasteiger partial charge in [-0.15, -0.1) is 0 Å². The molecular weight excluding hydrogens is 447 g/mol. The van der Waals surface area contributed by atoms with E-state index in [1.807, 2.05) is 21.9 Å². The van der Waals surface area contributed by atoms with Gasteiger partial charge in [0.05, 0.1) is 12.2 Å². The van der Waals surface area contributed by atoms with E-state index in [-0.39, 0.29) is 12.6 Å². The maximum atomic E-state index is 13.3. The summed E-state index contributed by atoms with van der Waals surface area (Å²) >= 11 is 0. The Labute approximate surface area is 195 Å². The average molecular weight is 473 g/mol. The Morgan fingerprint density at radius 2 is 1.76 bits per heavy atom. The van der Waals surface area contributed by atoms with Crippen LogP contribution in [0, 0.1) is 0 Å². The molecule has 2 fully saturated rings. The van der Waals surface area contributed by atoms with Crippen molar-refractivity contribution in [3.05, 3.63) is 58.8 Å². The van der Waals surface area contributed by atoms with Gasteiger partial charge < -0.3 is 10.2 Å². The van der Waals surface area contributed by atoms with Gasteiger partial charge in [-0.2, -0.15) is 13.2 Å². The van der Waals surface area contributed by atoms with Crippen molar-refractivity contribution >= 4 is 17.8 Å². The highest BCUT2D eigenvalue weighted by molar-refractivity contribution is 6.07. The molecule has 3 amide bonds. The van der Waals surface area contributed by atoms with Gasteiger partial charge in [0.1, 0.15) is 11.4 Å². The largest absolute Gasteiger partial charge is 0.417 e. The molecule has 2 aliphatic heterocycles. The molecule has 2 saturated heterocycles. The molecule has 1 aromatic heterocycles. The minimum atomic E-state index is -4.42. The molecule has 34 heavy (non-hydrogen) atoms. The number of urea groups is 1. The number of imide groups is 1. The number of anilines is 1. The Hall–Kier alpha value is -3.14. The smallest absolute Gasteiger partial charge is 0.354 e. The molecule has 1 N–H and O–H groups in total. The van der Waals surface area contributed by atoms with Gasteiger partial charge in [-0.3, -0.25) is 9.69 Å². The van der Waals surface area contributed by atoms with E-state index < -0.39 is 23.3 Å². The summed E-state index contributed by atoms with van der Waals surface area (Å²) in [4.78, 5) is 35.1. The number of piperazine rings is 1. The van der Waals surface area contributed by atoms with Gasteiger partial charge in [0, 0.05) is 32.4 Å². The minimum Gasteiger partial charge on any atom is -0.354 e. The second-order valence-corrected chi connectivity index (χ2v) is 9.27. The van der Waals surface area contributed by atoms with E-state index >= 15 is 0 Å². The fourth-order valence-corrected chi connectivity index (χ4v) is 4.96. The van der Waals surface area contributed by atoms with E-state index in [0.29, 0.717) is 32.0 Å². The number of fused-ring (bicyclic) bond motifs is 1. The minimum absolute atomic E-state index is 0.166. The van der Waals surface area contributed by atoms with Crippen molar-refractivity contribution in [2.75, 3.05) is 37.7 Å². The van der Waals surface area contributed by atoms with Crippen LogP contribution < -0.4 is 10.2 Å². The van der Waals surface area contributed by atoms with Crippen LogP contribution in [0.25, 0.3) is 0 Å². The molecule has 0 spiro atoms. The molecule has 0 bridgehead atoms. The van der Waals surface area contributed by atoms with E-state index in [4.69, 9.17) is 0 Å². The Morgan fingerprint density at radius 3 is 2.44 bits per heavy atom. The third kappa shape index (κ3) is 4.00. The molecule has 3 heterocycles. The maximum Gasteiger partial charge on any atom is 0.417 e. The number of pyridine rings is 1. The zero-order valence-corrected chi connectivity index (χ0v) is 18.9. The van der Waals surface area contributed by atoms with E-state index in [1.165, 1.54) is 22.1 Å². The fraction of sp³-hybridized carbons (Fsp3) is 0.458. The van der Waals surface area contributed by atoms with E-state index in [9.17, 15) is 22.8 Å². The molecule has 1 atom stereocenters. The normalized spacial score (nSPS) is 23.4. The molecule has 0 radical (unpaired) electrons. The van der Waals surface area contributed by atoms with Gasteiger partial charge >= 0.3 is 12.2 Å². The lowest BCUT2D eigenvalue weighted by Gasteiger charge is -2.36. The first kappa shape index (κ1) is 22.6. The van der Waals surface area contributed by atoms with Gasteiger partial charge in [-0.05, 0) is 55.0 Å². The molecule has 1 aromatic carbocycles. The molecule has 180 valence electrons. The number of carbonyl (C=O) groups is 2. The monoisotopic (exact) mass is 473 g/mol. The Balaban J connectivity index is 1.22. The molecule has 0 unspecified atom stereocenters. The number of hydrogen-bond acceptors (Lipinski definition) is 5. The summed E-state index contributed by atoms with van der Waals surface area (Å²) in [6.07, 6.45) is -0.429. The second-order valence-electron chi connectivity index (χ2n) is 9.27. The van der Waals surface area contributed by atoms with E-state index in [2.05, 4.69) is 16.4 Å². The quantitative estimate of drug-likeness (QED) is 0.692.